The van der Waals surface area contributed by atoms with E-state index < -0.39 is 34.2 Å². The Morgan fingerprint density at radius 1 is 1.41 bits per heavy atom. The van der Waals surface area contributed by atoms with Gasteiger partial charge in [-0.1, -0.05) is 17.7 Å². The van der Waals surface area contributed by atoms with Crippen LogP contribution in [0.15, 0.2) is 36.5 Å². The number of nitro groups is 1. The normalized spacial score (nSPS) is 16.4. The van der Waals surface area contributed by atoms with E-state index in [1.165, 1.54) is 17.2 Å². The number of carbonyl (C=O) groups excluding carboxylic acids is 2. The van der Waals surface area contributed by atoms with Gasteiger partial charge in [-0.05, 0) is 18.2 Å². The van der Waals surface area contributed by atoms with Crippen LogP contribution in [0, 0.1) is 21.8 Å². The van der Waals surface area contributed by atoms with Gasteiger partial charge in [0.25, 0.3) is 0 Å². The number of anilines is 1. The first-order chi connectivity index (χ1) is 12.8. The van der Waals surface area contributed by atoms with Gasteiger partial charge in [-0.25, -0.2) is 4.98 Å². The standard InChI is InChI=1S/C17H13ClFN3O5/c18-15-4-1-10(7-20-15)9-27-17(24)11-5-16(23)21(8-11)12-2-3-13(19)14(6-12)22(25)26/h1-4,6-7,11H,5,8-9H2. The van der Waals surface area contributed by atoms with Gasteiger partial charge < -0.3 is 9.64 Å². The van der Waals surface area contributed by atoms with E-state index in [1.54, 1.807) is 12.1 Å². The zero-order chi connectivity index (χ0) is 19.6. The van der Waals surface area contributed by atoms with Crippen LogP contribution in [-0.4, -0.2) is 28.3 Å². The quantitative estimate of drug-likeness (QED) is 0.335. The predicted octanol–water partition coefficient (Wildman–Crippen LogP) is 2.88. The Kier molecular flexibility index (Phi) is 5.31. The molecular weight excluding hydrogens is 381 g/mol. The van der Waals surface area contributed by atoms with E-state index in [2.05, 4.69) is 4.98 Å². The van der Waals surface area contributed by atoms with Crippen LogP contribution < -0.4 is 4.90 Å². The average molecular weight is 394 g/mol. The van der Waals surface area contributed by atoms with Crippen LogP contribution in [0.4, 0.5) is 15.8 Å². The summed E-state index contributed by atoms with van der Waals surface area (Å²) in [6, 6.07) is 6.37. The molecule has 0 radical (unpaired) electrons. The number of hydrogen-bond acceptors (Lipinski definition) is 6. The molecule has 1 aromatic heterocycles. The van der Waals surface area contributed by atoms with Crippen molar-refractivity contribution in [2.75, 3.05) is 11.4 Å². The van der Waals surface area contributed by atoms with E-state index in [0.29, 0.717) is 10.7 Å². The molecule has 0 bridgehead atoms. The summed E-state index contributed by atoms with van der Waals surface area (Å²) in [4.78, 5) is 39.5. The first-order valence-corrected chi connectivity index (χ1v) is 8.24. The molecule has 1 unspecified atom stereocenters. The lowest BCUT2D eigenvalue weighted by molar-refractivity contribution is -0.387. The Hall–Kier alpha value is -3.07. The predicted molar refractivity (Wildman–Crippen MR) is 92.6 cm³/mol. The Morgan fingerprint density at radius 2 is 2.19 bits per heavy atom. The number of amides is 1. The molecule has 2 aromatic rings. The highest BCUT2D eigenvalue weighted by molar-refractivity contribution is 6.29. The third kappa shape index (κ3) is 4.20. The van der Waals surface area contributed by atoms with Crippen molar-refractivity contribution >= 4 is 34.9 Å². The molecule has 27 heavy (non-hydrogen) atoms. The molecule has 0 spiro atoms. The minimum Gasteiger partial charge on any atom is -0.460 e. The highest BCUT2D eigenvalue weighted by Gasteiger charge is 2.37. The lowest BCUT2D eigenvalue weighted by Crippen LogP contribution is -2.26. The molecule has 10 heteroatoms. The Morgan fingerprint density at radius 3 is 2.85 bits per heavy atom. The zero-order valence-electron chi connectivity index (χ0n) is 13.8. The average Bonchev–Trinajstić information content (AvgIpc) is 3.03. The van der Waals surface area contributed by atoms with Gasteiger partial charge in [-0.3, -0.25) is 19.7 Å². The first-order valence-electron chi connectivity index (χ1n) is 7.86. The van der Waals surface area contributed by atoms with Crippen LogP contribution in [0.25, 0.3) is 0 Å². The third-order valence-electron chi connectivity index (χ3n) is 4.07. The summed E-state index contributed by atoms with van der Waals surface area (Å²) in [5, 5.41) is 11.2. The summed E-state index contributed by atoms with van der Waals surface area (Å²) < 4.78 is 18.7. The SMILES string of the molecule is O=C(OCc1ccc(Cl)nc1)C1CC(=O)N(c2ccc(F)c([N+](=O)[O-])c2)C1. The van der Waals surface area contributed by atoms with Crippen molar-refractivity contribution in [3.05, 3.63) is 63.2 Å². The number of ether oxygens (including phenoxy) is 1. The molecule has 1 aliphatic rings. The topological polar surface area (TPSA) is 103 Å². The number of carbonyl (C=O) groups is 2. The lowest BCUT2D eigenvalue weighted by atomic mass is 10.1. The number of aromatic nitrogens is 1. The Bertz CT molecular complexity index is 906. The molecule has 1 fully saturated rings. The fraction of sp³-hybridized carbons (Fsp3) is 0.235. The maximum atomic E-state index is 13.5. The highest BCUT2D eigenvalue weighted by atomic mass is 35.5. The molecular formula is C17H13ClFN3O5. The van der Waals surface area contributed by atoms with Crippen molar-refractivity contribution in [2.45, 2.75) is 13.0 Å². The highest BCUT2D eigenvalue weighted by Crippen LogP contribution is 2.30. The maximum absolute atomic E-state index is 13.5. The molecule has 140 valence electrons. The van der Waals surface area contributed by atoms with Crippen LogP contribution in [-0.2, 0) is 20.9 Å². The van der Waals surface area contributed by atoms with Gasteiger partial charge in [0.2, 0.25) is 11.7 Å². The summed E-state index contributed by atoms with van der Waals surface area (Å²) in [6.45, 7) is -0.0188. The molecule has 0 N–H and O–H groups in total. The summed E-state index contributed by atoms with van der Waals surface area (Å²) in [6.07, 6.45) is 1.38. The van der Waals surface area contributed by atoms with Gasteiger partial charge in [-0.2, -0.15) is 4.39 Å². The molecule has 0 saturated carbocycles. The summed E-state index contributed by atoms with van der Waals surface area (Å²) >= 11 is 5.68. The largest absolute Gasteiger partial charge is 0.460 e. The molecule has 1 saturated heterocycles. The molecule has 2 heterocycles. The minimum absolute atomic E-state index is 0.000673. The van der Waals surface area contributed by atoms with Gasteiger partial charge in [0.05, 0.1) is 16.5 Å². The van der Waals surface area contributed by atoms with Crippen molar-refractivity contribution in [3.8, 4) is 0 Å². The second-order valence-electron chi connectivity index (χ2n) is 5.90. The zero-order valence-corrected chi connectivity index (χ0v) is 14.6. The first kappa shape index (κ1) is 18.7. The van der Waals surface area contributed by atoms with E-state index in [-0.39, 0.29) is 25.3 Å². The third-order valence-corrected chi connectivity index (χ3v) is 4.29. The summed E-state index contributed by atoms with van der Waals surface area (Å²) in [5.74, 6) is -2.69. The fourth-order valence-corrected chi connectivity index (χ4v) is 2.80. The Balaban J connectivity index is 1.66. The fourth-order valence-electron chi connectivity index (χ4n) is 2.69. The van der Waals surface area contributed by atoms with Gasteiger partial charge in [0, 0.05) is 30.8 Å². The van der Waals surface area contributed by atoms with E-state index in [0.717, 1.165) is 12.1 Å². The monoisotopic (exact) mass is 393 g/mol. The van der Waals surface area contributed by atoms with Crippen LogP contribution in [0.3, 0.4) is 0 Å². The van der Waals surface area contributed by atoms with Crippen molar-refractivity contribution in [1.82, 2.24) is 4.98 Å². The second kappa shape index (κ2) is 7.67. The molecule has 1 atom stereocenters. The van der Waals surface area contributed by atoms with Gasteiger partial charge in [0.1, 0.15) is 11.8 Å². The maximum Gasteiger partial charge on any atom is 0.311 e. The van der Waals surface area contributed by atoms with E-state index in [1.807, 2.05) is 0 Å². The number of nitro benzene ring substituents is 1. The summed E-state index contributed by atoms with van der Waals surface area (Å²) in [7, 11) is 0. The lowest BCUT2D eigenvalue weighted by Gasteiger charge is -2.16. The van der Waals surface area contributed by atoms with Crippen molar-refractivity contribution < 1.29 is 23.6 Å². The number of hydrogen-bond donors (Lipinski definition) is 0. The molecule has 0 aliphatic carbocycles. The van der Waals surface area contributed by atoms with Crippen molar-refractivity contribution in [3.63, 3.8) is 0 Å². The van der Waals surface area contributed by atoms with Gasteiger partial charge in [-0.15, -0.1) is 0 Å². The molecule has 8 nitrogen and oxygen atoms in total. The smallest absolute Gasteiger partial charge is 0.311 e. The molecule has 1 amide bonds. The van der Waals surface area contributed by atoms with Gasteiger partial charge >= 0.3 is 11.7 Å². The van der Waals surface area contributed by atoms with Crippen LogP contribution in [0.2, 0.25) is 5.15 Å². The second-order valence-corrected chi connectivity index (χ2v) is 6.28. The molecule has 1 aliphatic heterocycles. The number of pyridine rings is 1. The van der Waals surface area contributed by atoms with Crippen molar-refractivity contribution in [1.29, 1.82) is 0 Å². The number of rotatable bonds is 5. The van der Waals surface area contributed by atoms with E-state index in [9.17, 15) is 24.1 Å². The van der Waals surface area contributed by atoms with Crippen LogP contribution in [0.5, 0.6) is 0 Å². The minimum atomic E-state index is -0.997. The Labute approximate surface area is 157 Å². The van der Waals surface area contributed by atoms with E-state index in [4.69, 9.17) is 16.3 Å². The van der Waals surface area contributed by atoms with Crippen LogP contribution in [0.1, 0.15) is 12.0 Å². The number of esters is 1. The van der Waals surface area contributed by atoms with E-state index >= 15 is 0 Å². The molecule has 3 rings (SSSR count). The number of halogens is 2. The van der Waals surface area contributed by atoms with Gasteiger partial charge in [0.15, 0.2) is 0 Å². The van der Waals surface area contributed by atoms with Crippen LogP contribution >= 0.6 is 11.6 Å². The number of benzene rings is 1. The van der Waals surface area contributed by atoms with Crippen molar-refractivity contribution in [2.24, 2.45) is 5.92 Å². The molecule has 1 aromatic carbocycles. The summed E-state index contributed by atoms with van der Waals surface area (Å²) in [5.41, 5.74) is 0.0648. The number of nitrogens with zero attached hydrogens (tertiary/aromatic N) is 3.